The summed E-state index contributed by atoms with van der Waals surface area (Å²) in [5, 5.41) is 28.6. The van der Waals surface area contributed by atoms with E-state index in [0.717, 1.165) is 6.42 Å². The van der Waals surface area contributed by atoms with Crippen LogP contribution in [0.25, 0.3) is 0 Å². The number of hydrogen-bond acceptors (Lipinski definition) is 17. The Morgan fingerprint density at radius 2 is 0.788 bits per heavy atom. The Morgan fingerprint density at radius 1 is 0.459 bits per heavy atom. The van der Waals surface area contributed by atoms with E-state index in [1.807, 2.05) is 13.8 Å². The van der Waals surface area contributed by atoms with Gasteiger partial charge in [-0.15, -0.1) is 0 Å². The number of ether oxygens (including phenoxy) is 3. The Hall–Kier alpha value is -8.69. The number of carbonyl (C=O) groups excluding carboxylic acids is 8. The number of carboxylic acid groups (broad SMARTS) is 1. The summed E-state index contributed by atoms with van der Waals surface area (Å²) in [6, 6.07) is 12.8. The van der Waals surface area contributed by atoms with Crippen molar-refractivity contribution in [2.24, 2.45) is 34.4 Å². The number of primary amides is 1. The van der Waals surface area contributed by atoms with Gasteiger partial charge in [-0.05, 0) is 176 Å². The number of aliphatic carboxylic acids is 1. The van der Waals surface area contributed by atoms with Crippen LogP contribution in [0.15, 0.2) is 72.8 Å². The zero-order valence-electron chi connectivity index (χ0n) is 49.1. The van der Waals surface area contributed by atoms with Gasteiger partial charge in [0.2, 0.25) is 23.6 Å². The molecule has 0 saturated carbocycles. The molecule has 0 aliphatic carbocycles. The summed E-state index contributed by atoms with van der Waals surface area (Å²) in [5.41, 5.74) is 35.5. The van der Waals surface area contributed by atoms with Crippen molar-refractivity contribution in [3.05, 3.63) is 101 Å². The fourth-order valence-corrected chi connectivity index (χ4v) is 8.49. The van der Waals surface area contributed by atoms with E-state index in [1.165, 1.54) is 74.9 Å². The second-order valence-electron chi connectivity index (χ2n) is 19.4. The van der Waals surface area contributed by atoms with Crippen LogP contribution >= 0.6 is 0 Å². The molecule has 4 aromatic rings. The number of carboxylic acids is 1. The molecule has 4 rings (SSSR count). The standard InChI is InChI=1S/C57H79N13O13.C2H6/c1-33-16-17-34(64-54(77)42(62)12-4-8-24-58)28-38(33)51(74)68-43(13-5-9-25-59)55(78)66-36-19-22-47(82-3)40(30-36)52(75)69-44(14-6-10-26-60)57(80)67-37-20-23-48(83-32-49(71)72)41(31-37)53(76)70-45(15-7-11-27-61)56(79)65-35-18-21-46(81-2)39(29-35)50(63)73;1-2/h16-23,28-31,42-45H,4-15,24-27,32,58-62H2,1-3H3,(H2,63,73)(H,64,77)(H,65,79)(H,66,78)(H,67,80)(H,68,74)(H,69,75)(H,70,76)(H,71,72);1-2H3/t42-,43-,44-,45-;/m0./s1. The highest BCUT2D eigenvalue weighted by molar-refractivity contribution is 6.07. The molecule has 0 unspecified atom stereocenters. The lowest BCUT2D eigenvalue weighted by Crippen LogP contribution is -2.44. The number of amides is 8. The number of unbranched alkanes of at least 4 members (excludes halogenated alkanes) is 4. The van der Waals surface area contributed by atoms with Crippen LogP contribution in [0.3, 0.4) is 0 Å². The van der Waals surface area contributed by atoms with Gasteiger partial charge in [-0.3, -0.25) is 38.4 Å². The lowest BCUT2D eigenvalue weighted by Gasteiger charge is -2.22. The Bertz CT molecular complexity index is 2910. The third-order valence-electron chi connectivity index (χ3n) is 13.0. The largest absolute Gasteiger partial charge is 0.496 e. The molecule has 464 valence electrons. The molecule has 85 heavy (non-hydrogen) atoms. The molecular weight excluding hydrogens is 1100 g/mol. The number of carbonyl (C=O) groups is 9. The number of nitrogens with two attached hydrogens (primary N) is 6. The van der Waals surface area contributed by atoms with Gasteiger partial charge in [0.05, 0.1) is 37.0 Å². The molecule has 0 radical (unpaired) electrons. The minimum Gasteiger partial charge on any atom is -0.496 e. The van der Waals surface area contributed by atoms with E-state index >= 15 is 0 Å². The van der Waals surface area contributed by atoms with Crippen LogP contribution in [0.5, 0.6) is 17.2 Å². The number of methoxy groups -OCH3 is 2. The Kier molecular flexibility index (Phi) is 31.1. The fraction of sp³-hybridized carbons (Fsp3) is 0.441. The van der Waals surface area contributed by atoms with Crippen LogP contribution in [0.4, 0.5) is 22.7 Å². The van der Waals surface area contributed by atoms with Crippen molar-refractivity contribution in [1.82, 2.24) is 16.0 Å². The molecule has 0 saturated heterocycles. The van der Waals surface area contributed by atoms with Crippen LogP contribution in [0, 0.1) is 6.92 Å². The van der Waals surface area contributed by atoms with Gasteiger partial charge >= 0.3 is 5.97 Å². The van der Waals surface area contributed by atoms with E-state index in [-0.39, 0.29) is 82.4 Å². The van der Waals surface area contributed by atoms with Gasteiger partial charge < -0.3 is 90.9 Å². The number of hydrogen-bond donors (Lipinski definition) is 14. The second-order valence-corrected chi connectivity index (χ2v) is 19.4. The summed E-state index contributed by atoms with van der Waals surface area (Å²) in [5.74, 6) is -6.87. The van der Waals surface area contributed by atoms with Crippen molar-refractivity contribution in [2.75, 3.05) is 68.3 Å². The zero-order chi connectivity index (χ0) is 63.0. The lowest BCUT2D eigenvalue weighted by molar-refractivity contribution is -0.139. The molecule has 0 spiro atoms. The third kappa shape index (κ3) is 23.1. The van der Waals surface area contributed by atoms with E-state index in [2.05, 4.69) is 37.2 Å². The van der Waals surface area contributed by atoms with Crippen molar-refractivity contribution in [2.45, 2.75) is 122 Å². The van der Waals surface area contributed by atoms with Gasteiger partial charge in [0, 0.05) is 28.3 Å². The van der Waals surface area contributed by atoms with E-state index in [4.69, 9.17) is 48.6 Å². The molecule has 4 atom stereocenters. The van der Waals surface area contributed by atoms with Gasteiger partial charge in [0.1, 0.15) is 35.4 Å². The number of benzene rings is 4. The zero-order valence-corrected chi connectivity index (χ0v) is 49.1. The molecular formula is C59H85N13O13. The van der Waals surface area contributed by atoms with Crippen molar-refractivity contribution >= 4 is 76.0 Å². The summed E-state index contributed by atoms with van der Waals surface area (Å²) < 4.78 is 16.2. The van der Waals surface area contributed by atoms with E-state index < -0.39 is 84.0 Å². The van der Waals surface area contributed by atoms with Crippen LogP contribution in [-0.2, 0) is 24.0 Å². The lowest BCUT2D eigenvalue weighted by atomic mass is 10.0. The van der Waals surface area contributed by atoms with Crippen molar-refractivity contribution in [3.8, 4) is 17.2 Å². The fourth-order valence-electron chi connectivity index (χ4n) is 8.49. The first kappa shape index (κ1) is 70.6. The molecule has 0 heterocycles. The molecule has 26 nitrogen and oxygen atoms in total. The molecule has 0 aliphatic heterocycles. The molecule has 0 bridgehead atoms. The van der Waals surface area contributed by atoms with Crippen LogP contribution < -0.4 is 85.8 Å². The van der Waals surface area contributed by atoms with Gasteiger partial charge in [-0.25, -0.2) is 4.79 Å². The minimum atomic E-state index is -1.36. The van der Waals surface area contributed by atoms with Crippen LogP contribution in [0.1, 0.15) is 138 Å². The van der Waals surface area contributed by atoms with E-state index in [9.17, 15) is 48.3 Å². The molecule has 0 aliphatic rings. The topological polar surface area (TPSA) is 442 Å². The summed E-state index contributed by atoms with van der Waals surface area (Å²) in [7, 11) is 2.67. The summed E-state index contributed by atoms with van der Waals surface area (Å²) >= 11 is 0. The smallest absolute Gasteiger partial charge is 0.341 e. The molecule has 8 amide bonds. The molecule has 4 aromatic carbocycles. The van der Waals surface area contributed by atoms with Crippen LogP contribution in [0.2, 0.25) is 0 Å². The first-order valence-corrected chi connectivity index (χ1v) is 28.2. The van der Waals surface area contributed by atoms with E-state index in [1.54, 1.807) is 19.1 Å². The number of nitrogens with one attached hydrogen (secondary N) is 7. The average molecular weight is 1180 g/mol. The second kappa shape index (κ2) is 37.5. The average Bonchev–Trinajstić information content (AvgIpc) is 3.41. The van der Waals surface area contributed by atoms with Gasteiger partial charge in [0.25, 0.3) is 23.6 Å². The minimum absolute atomic E-state index is 0.00891. The maximum absolute atomic E-state index is 14.3. The van der Waals surface area contributed by atoms with Crippen molar-refractivity contribution in [1.29, 1.82) is 0 Å². The molecule has 0 fully saturated rings. The summed E-state index contributed by atoms with van der Waals surface area (Å²) in [6.45, 7) is 6.23. The van der Waals surface area contributed by atoms with Gasteiger partial charge in [0.15, 0.2) is 6.61 Å². The number of aryl methyl sites for hydroxylation is 1. The SMILES string of the molecule is CC.COc1ccc(NC(=O)[C@H](CCCCN)NC(=O)c2cc(NC(=O)[C@H](CCCCN)NC(=O)c3cc(NC(=O)[C@H](CCCCN)NC(=O)c4cc(NC(=O)[C@@H](N)CCCCN)ccc4C)ccc3OC)ccc2OCC(=O)O)cc1C(N)=O. The van der Waals surface area contributed by atoms with E-state index in [0.29, 0.717) is 82.3 Å². The van der Waals surface area contributed by atoms with Gasteiger partial charge in [-0.1, -0.05) is 26.3 Å². The highest BCUT2D eigenvalue weighted by Crippen LogP contribution is 2.28. The summed E-state index contributed by atoms with van der Waals surface area (Å²) in [6.07, 6.45) is 4.95. The van der Waals surface area contributed by atoms with Crippen LogP contribution in [-0.4, -0.2) is 130 Å². The molecule has 26 heteroatoms. The molecule has 0 aromatic heterocycles. The summed E-state index contributed by atoms with van der Waals surface area (Å²) in [4.78, 5) is 121. The maximum Gasteiger partial charge on any atom is 0.341 e. The Morgan fingerprint density at radius 3 is 1.18 bits per heavy atom. The first-order valence-electron chi connectivity index (χ1n) is 28.2. The Balaban J connectivity index is 0.00000936. The van der Waals surface area contributed by atoms with Crippen molar-refractivity contribution in [3.63, 3.8) is 0 Å². The maximum atomic E-state index is 14.3. The normalized spacial score (nSPS) is 12.1. The van der Waals surface area contributed by atoms with Gasteiger partial charge in [-0.2, -0.15) is 0 Å². The highest BCUT2D eigenvalue weighted by atomic mass is 16.5. The quantitative estimate of drug-likeness (QED) is 0.0289. The number of anilines is 4. The third-order valence-corrected chi connectivity index (χ3v) is 13.0. The van der Waals surface area contributed by atoms with Crippen molar-refractivity contribution < 1.29 is 62.5 Å². The highest BCUT2D eigenvalue weighted by Gasteiger charge is 2.29. The predicted molar refractivity (Wildman–Crippen MR) is 324 cm³/mol. The number of rotatable bonds is 36. The first-order chi connectivity index (χ1) is 40.8. The predicted octanol–water partition coefficient (Wildman–Crippen LogP) is 3.59. The monoisotopic (exact) mass is 1180 g/mol. The molecule has 20 N–H and O–H groups in total. The Labute approximate surface area is 495 Å².